The van der Waals surface area contributed by atoms with Gasteiger partial charge in [0.05, 0.1) is 17.6 Å². The van der Waals surface area contributed by atoms with Gasteiger partial charge in [0.2, 0.25) is 11.7 Å². The van der Waals surface area contributed by atoms with Gasteiger partial charge in [-0.3, -0.25) is 0 Å². The first kappa shape index (κ1) is 13.3. The lowest BCUT2D eigenvalue weighted by molar-refractivity contribution is -0.101. The largest absolute Gasteiger partial charge is 0.381 e. The van der Waals surface area contributed by atoms with Gasteiger partial charge in [-0.25, -0.2) is 0 Å². The summed E-state index contributed by atoms with van der Waals surface area (Å²) in [4.78, 5) is 4.36. The van der Waals surface area contributed by atoms with Crippen LogP contribution in [-0.4, -0.2) is 36.2 Å². The molecule has 0 aromatic carbocycles. The number of ether oxygens (including phenoxy) is 2. The molecule has 0 atom stereocenters. The summed E-state index contributed by atoms with van der Waals surface area (Å²) in [5.74, 6) is 2.09. The fraction of sp³-hybridized carbons (Fsp3) is 0.727. The summed E-state index contributed by atoms with van der Waals surface area (Å²) in [5, 5.41) is 12.5. The Hall–Kier alpha value is -1.10. The van der Waals surface area contributed by atoms with Gasteiger partial charge in [-0.15, -0.1) is 11.8 Å². The van der Waals surface area contributed by atoms with E-state index in [0.29, 0.717) is 36.4 Å². The minimum absolute atomic E-state index is 0.418. The molecule has 0 radical (unpaired) electrons. The van der Waals surface area contributed by atoms with Crippen molar-refractivity contribution in [2.24, 2.45) is 0 Å². The van der Waals surface area contributed by atoms with Crippen LogP contribution in [0.2, 0.25) is 0 Å². The SMILES string of the molecule is COC1(c2noc(CSCC#N)n2)CCOCC1. The van der Waals surface area contributed by atoms with Crippen LogP contribution in [0.25, 0.3) is 0 Å². The van der Waals surface area contributed by atoms with Crippen LogP contribution in [0, 0.1) is 11.3 Å². The minimum atomic E-state index is -0.486. The summed E-state index contributed by atoms with van der Waals surface area (Å²) in [7, 11) is 1.66. The molecule has 1 aliphatic rings. The van der Waals surface area contributed by atoms with Gasteiger partial charge >= 0.3 is 0 Å². The van der Waals surface area contributed by atoms with Gasteiger partial charge in [-0.05, 0) is 0 Å². The van der Waals surface area contributed by atoms with Crippen molar-refractivity contribution in [1.29, 1.82) is 5.26 Å². The first-order chi connectivity index (χ1) is 8.80. The highest BCUT2D eigenvalue weighted by molar-refractivity contribution is 7.98. The van der Waals surface area contributed by atoms with Crippen molar-refractivity contribution >= 4 is 11.8 Å². The van der Waals surface area contributed by atoms with E-state index in [9.17, 15) is 0 Å². The van der Waals surface area contributed by atoms with E-state index in [4.69, 9.17) is 19.3 Å². The third-order valence-electron chi connectivity index (χ3n) is 2.96. The van der Waals surface area contributed by atoms with Crippen LogP contribution < -0.4 is 0 Å². The fourth-order valence-corrected chi connectivity index (χ4v) is 2.39. The summed E-state index contributed by atoms with van der Waals surface area (Å²) >= 11 is 1.45. The normalized spacial score (nSPS) is 18.4. The second-order valence-corrected chi connectivity index (χ2v) is 4.96. The fourth-order valence-electron chi connectivity index (χ4n) is 1.90. The average molecular weight is 269 g/mol. The maximum atomic E-state index is 8.46. The number of methoxy groups -OCH3 is 1. The summed E-state index contributed by atoms with van der Waals surface area (Å²) in [6.07, 6.45) is 1.46. The zero-order valence-corrected chi connectivity index (χ0v) is 11.0. The summed E-state index contributed by atoms with van der Waals surface area (Å²) in [6.45, 7) is 1.28. The Labute approximate surface area is 110 Å². The second kappa shape index (κ2) is 6.18. The molecule has 0 aliphatic carbocycles. The van der Waals surface area contributed by atoms with Gasteiger partial charge in [-0.2, -0.15) is 10.2 Å². The zero-order valence-electron chi connectivity index (χ0n) is 10.2. The lowest BCUT2D eigenvalue weighted by Gasteiger charge is -2.32. The highest BCUT2D eigenvalue weighted by Crippen LogP contribution is 2.33. The molecule has 6 nitrogen and oxygen atoms in total. The molecule has 1 fully saturated rings. The van der Waals surface area contributed by atoms with Gasteiger partial charge in [0, 0.05) is 33.2 Å². The van der Waals surface area contributed by atoms with Crippen LogP contribution in [0.3, 0.4) is 0 Å². The minimum Gasteiger partial charge on any atom is -0.381 e. The summed E-state index contributed by atoms with van der Waals surface area (Å²) in [6, 6.07) is 2.06. The van der Waals surface area contributed by atoms with E-state index in [1.807, 2.05) is 0 Å². The van der Waals surface area contributed by atoms with Crippen LogP contribution in [0.1, 0.15) is 24.6 Å². The first-order valence-electron chi connectivity index (χ1n) is 5.71. The van der Waals surface area contributed by atoms with Crippen molar-refractivity contribution in [3.63, 3.8) is 0 Å². The molecule has 1 saturated heterocycles. The molecule has 0 amide bonds. The zero-order chi connectivity index (χ0) is 12.8. The van der Waals surface area contributed by atoms with E-state index < -0.39 is 5.60 Å². The third kappa shape index (κ3) is 2.83. The van der Waals surface area contributed by atoms with E-state index in [1.54, 1.807) is 7.11 Å². The quantitative estimate of drug-likeness (QED) is 0.749. The van der Waals surface area contributed by atoms with Crippen molar-refractivity contribution < 1.29 is 14.0 Å². The molecule has 0 unspecified atom stereocenters. The smallest absolute Gasteiger partial charge is 0.236 e. The lowest BCUT2D eigenvalue weighted by Crippen LogP contribution is -2.36. The molecule has 1 aliphatic heterocycles. The van der Waals surface area contributed by atoms with Gasteiger partial charge in [-0.1, -0.05) is 5.16 Å². The highest BCUT2D eigenvalue weighted by atomic mass is 32.2. The van der Waals surface area contributed by atoms with E-state index in [-0.39, 0.29) is 0 Å². The number of aromatic nitrogens is 2. The van der Waals surface area contributed by atoms with E-state index in [0.717, 1.165) is 12.8 Å². The van der Waals surface area contributed by atoms with Gasteiger partial charge in [0.25, 0.3) is 0 Å². The number of thioether (sulfide) groups is 1. The number of nitriles is 1. The molecular formula is C11H15N3O3S. The topological polar surface area (TPSA) is 81.2 Å². The number of rotatable bonds is 5. The van der Waals surface area contributed by atoms with Crippen LogP contribution >= 0.6 is 11.8 Å². The van der Waals surface area contributed by atoms with Gasteiger partial charge in [0.15, 0.2) is 0 Å². The Morgan fingerprint density at radius 2 is 2.28 bits per heavy atom. The predicted molar refractivity (Wildman–Crippen MR) is 64.8 cm³/mol. The number of nitrogens with zero attached hydrogens (tertiary/aromatic N) is 3. The average Bonchev–Trinajstić information content (AvgIpc) is 2.89. The Morgan fingerprint density at radius 1 is 1.50 bits per heavy atom. The molecule has 0 bridgehead atoms. The molecular weight excluding hydrogens is 254 g/mol. The monoisotopic (exact) mass is 269 g/mol. The van der Waals surface area contributed by atoms with E-state index in [2.05, 4.69) is 16.2 Å². The molecule has 0 saturated carbocycles. The summed E-state index contributed by atoms with van der Waals surface area (Å²) in [5.41, 5.74) is -0.486. The third-order valence-corrected chi connectivity index (χ3v) is 3.74. The highest BCUT2D eigenvalue weighted by Gasteiger charge is 2.39. The van der Waals surface area contributed by atoms with E-state index >= 15 is 0 Å². The predicted octanol–water partition coefficient (Wildman–Crippen LogP) is 1.48. The van der Waals surface area contributed by atoms with Crippen molar-refractivity contribution in [2.75, 3.05) is 26.1 Å². The van der Waals surface area contributed by atoms with Crippen molar-refractivity contribution in [1.82, 2.24) is 10.1 Å². The molecule has 2 rings (SSSR count). The lowest BCUT2D eigenvalue weighted by atomic mass is 9.93. The molecule has 2 heterocycles. The van der Waals surface area contributed by atoms with Crippen LogP contribution in [0.15, 0.2) is 4.52 Å². The standard InChI is InChI=1S/C11H15N3O3S/c1-15-11(2-5-16-6-3-11)10-13-9(17-14-10)8-18-7-4-12/h2-3,5-8H2,1H3. The van der Waals surface area contributed by atoms with Crippen molar-refractivity contribution in [3.8, 4) is 6.07 Å². The summed E-state index contributed by atoms with van der Waals surface area (Å²) < 4.78 is 16.1. The maximum absolute atomic E-state index is 8.46. The molecule has 1 aromatic heterocycles. The van der Waals surface area contributed by atoms with Crippen LogP contribution in [-0.2, 0) is 20.8 Å². The van der Waals surface area contributed by atoms with Crippen molar-refractivity contribution in [2.45, 2.75) is 24.2 Å². The number of hydrogen-bond donors (Lipinski definition) is 0. The Kier molecular flexibility index (Phi) is 4.58. The molecule has 18 heavy (non-hydrogen) atoms. The molecule has 1 aromatic rings. The van der Waals surface area contributed by atoms with Crippen LogP contribution in [0.4, 0.5) is 0 Å². The Bertz CT molecular complexity index is 423. The molecule has 0 spiro atoms. The molecule has 98 valence electrons. The van der Waals surface area contributed by atoms with E-state index in [1.165, 1.54) is 11.8 Å². The number of hydrogen-bond acceptors (Lipinski definition) is 7. The Balaban J connectivity index is 2.05. The molecule has 0 N–H and O–H groups in total. The Morgan fingerprint density at radius 3 is 2.94 bits per heavy atom. The first-order valence-corrected chi connectivity index (χ1v) is 6.87. The van der Waals surface area contributed by atoms with Gasteiger partial charge < -0.3 is 14.0 Å². The second-order valence-electron chi connectivity index (χ2n) is 3.97. The molecule has 7 heteroatoms. The van der Waals surface area contributed by atoms with Crippen LogP contribution in [0.5, 0.6) is 0 Å². The maximum Gasteiger partial charge on any atom is 0.236 e. The van der Waals surface area contributed by atoms with Crippen molar-refractivity contribution in [3.05, 3.63) is 11.7 Å². The van der Waals surface area contributed by atoms with Gasteiger partial charge in [0.1, 0.15) is 5.60 Å².